The highest BCUT2D eigenvalue weighted by Gasteiger charge is 2.18. The van der Waals surface area contributed by atoms with Crippen LogP contribution >= 0.6 is 0 Å². The topological polar surface area (TPSA) is 95.9 Å². The molecule has 0 rings (SSSR count). The quantitative estimate of drug-likeness (QED) is 0.0321. The van der Waals surface area contributed by atoms with E-state index >= 15 is 0 Å². The highest BCUT2D eigenvalue weighted by Crippen LogP contribution is 2.17. The Labute approximate surface area is 424 Å². The molecule has 6 nitrogen and oxygen atoms in total. The van der Waals surface area contributed by atoms with Crippen molar-refractivity contribution in [2.45, 2.75) is 334 Å². The number of carbonyl (C=O) groups excluding carboxylic acids is 2. The summed E-state index contributed by atoms with van der Waals surface area (Å²) < 4.78 is 5.46. The van der Waals surface area contributed by atoms with Gasteiger partial charge in [0.15, 0.2) is 0 Å². The second-order valence-electron chi connectivity index (χ2n) is 20.7. The van der Waals surface area contributed by atoms with E-state index in [4.69, 9.17) is 4.74 Å². The van der Waals surface area contributed by atoms with Crippen LogP contribution in [0.1, 0.15) is 322 Å². The third kappa shape index (κ3) is 53.4. The van der Waals surface area contributed by atoms with Gasteiger partial charge in [-0.25, -0.2) is 0 Å². The van der Waals surface area contributed by atoms with E-state index in [2.05, 4.69) is 43.5 Å². The summed E-state index contributed by atoms with van der Waals surface area (Å²) >= 11 is 0. The molecule has 0 aliphatic rings. The summed E-state index contributed by atoms with van der Waals surface area (Å²) in [6, 6.07) is -0.642. The average molecular weight is 957 g/mol. The predicted molar refractivity (Wildman–Crippen MR) is 296 cm³/mol. The predicted octanol–water partition coefficient (Wildman–Crippen LogP) is 18.8. The van der Waals surface area contributed by atoms with Crippen LogP contribution in [0.25, 0.3) is 0 Å². The van der Waals surface area contributed by atoms with E-state index < -0.39 is 12.1 Å². The average Bonchev–Trinajstić information content (AvgIpc) is 3.34. The van der Waals surface area contributed by atoms with Crippen LogP contribution in [0.5, 0.6) is 0 Å². The highest BCUT2D eigenvalue weighted by atomic mass is 16.5. The number of amides is 1. The van der Waals surface area contributed by atoms with Crippen molar-refractivity contribution in [3.8, 4) is 0 Å². The van der Waals surface area contributed by atoms with Crippen LogP contribution in [0.15, 0.2) is 36.5 Å². The van der Waals surface area contributed by atoms with Gasteiger partial charge in [-0.15, -0.1) is 0 Å². The van der Waals surface area contributed by atoms with E-state index in [1.165, 1.54) is 225 Å². The minimum atomic E-state index is -0.857. The third-order valence-corrected chi connectivity index (χ3v) is 13.9. The van der Waals surface area contributed by atoms with Crippen LogP contribution in [0.2, 0.25) is 0 Å². The zero-order valence-electron chi connectivity index (χ0n) is 45.6. The zero-order valence-corrected chi connectivity index (χ0v) is 45.6. The summed E-state index contributed by atoms with van der Waals surface area (Å²) in [7, 11) is 0. The molecule has 2 unspecified atom stereocenters. The molecule has 0 fully saturated rings. The Morgan fingerprint density at radius 2 is 0.750 bits per heavy atom. The fourth-order valence-corrected chi connectivity index (χ4v) is 9.24. The normalized spacial score (nSPS) is 12.8. The molecule has 0 aromatic heterocycles. The lowest BCUT2D eigenvalue weighted by Gasteiger charge is -2.20. The summed E-state index contributed by atoms with van der Waals surface area (Å²) in [4.78, 5) is 24.5. The van der Waals surface area contributed by atoms with Crippen molar-refractivity contribution in [1.82, 2.24) is 5.32 Å². The summed E-state index contributed by atoms with van der Waals surface area (Å²) in [5, 5.41) is 23.2. The molecule has 6 heteroatoms. The van der Waals surface area contributed by atoms with Gasteiger partial charge in [0.05, 0.1) is 25.4 Å². The van der Waals surface area contributed by atoms with Gasteiger partial charge in [0.25, 0.3) is 0 Å². The molecule has 0 aromatic rings. The second-order valence-corrected chi connectivity index (χ2v) is 20.7. The van der Waals surface area contributed by atoms with Gasteiger partial charge in [-0.2, -0.15) is 0 Å². The zero-order chi connectivity index (χ0) is 49.3. The monoisotopic (exact) mass is 956 g/mol. The fourth-order valence-electron chi connectivity index (χ4n) is 9.24. The Bertz CT molecular complexity index is 1100. The molecule has 3 N–H and O–H groups in total. The maximum Gasteiger partial charge on any atom is 0.305 e. The summed E-state index contributed by atoms with van der Waals surface area (Å²) in [5.41, 5.74) is 0. The first kappa shape index (κ1) is 66.1. The minimum absolute atomic E-state index is 0.0249. The Morgan fingerprint density at radius 1 is 0.412 bits per heavy atom. The number of allylic oxidation sites excluding steroid dienone is 5. The molecule has 0 saturated heterocycles. The molecule has 0 bridgehead atoms. The number of ether oxygens (including phenoxy) is 1. The Morgan fingerprint density at radius 3 is 1.16 bits per heavy atom. The molecule has 0 aliphatic carbocycles. The lowest BCUT2D eigenvalue weighted by atomic mass is 10.0. The van der Waals surface area contributed by atoms with Gasteiger partial charge in [0.1, 0.15) is 0 Å². The number of unbranched alkanes of at least 4 members (excludes halogenated alkanes) is 41. The van der Waals surface area contributed by atoms with Crippen molar-refractivity contribution in [3.63, 3.8) is 0 Å². The molecule has 0 aliphatic heterocycles. The first-order valence-electron chi connectivity index (χ1n) is 30.3. The lowest BCUT2D eigenvalue weighted by molar-refractivity contribution is -0.143. The van der Waals surface area contributed by atoms with Crippen molar-refractivity contribution in [1.29, 1.82) is 0 Å². The van der Waals surface area contributed by atoms with E-state index in [9.17, 15) is 19.8 Å². The molecule has 0 saturated carbocycles. The molecular formula is C62H117NO5. The SMILES string of the molecule is CCCC/C=C\C/C=C\CCCCCCCC(=O)OCCCCCCCCCCCCCCC(=O)NC(CO)C(O)/C=C/CCCCCCCCCCCCCCCCCCCCCCCCC. The van der Waals surface area contributed by atoms with Gasteiger partial charge < -0.3 is 20.3 Å². The number of aliphatic hydroxyl groups excluding tert-OH is 2. The van der Waals surface area contributed by atoms with E-state index in [1.54, 1.807) is 6.08 Å². The van der Waals surface area contributed by atoms with Crippen LogP contribution in [-0.4, -0.2) is 47.4 Å². The Balaban J connectivity index is 3.49. The van der Waals surface area contributed by atoms with Crippen LogP contribution in [0, 0.1) is 0 Å². The van der Waals surface area contributed by atoms with Gasteiger partial charge in [0.2, 0.25) is 5.91 Å². The molecular weight excluding hydrogens is 839 g/mol. The molecule has 0 aromatic carbocycles. The Kier molecular flexibility index (Phi) is 56.0. The van der Waals surface area contributed by atoms with Crippen LogP contribution in [-0.2, 0) is 14.3 Å². The number of carbonyl (C=O) groups is 2. The van der Waals surface area contributed by atoms with Gasteiger partial charge in [-0.3, -0.25) is 9.59 Å². The second kappa shape index (κ2) is 57.7. The number of hydrogen-bond acceptors (Lipinski definition) is 5. The lowest BCUT2D eigenvalue weighted by Crippen LogP contribution is -2.45. The fraction of sp³-hybridized carbons (Fsp3) is 0.871. The third-order valence-electron chi connectivity index (χ3n) is 13.9. The van der Waals surface area contributed by atoms with Gasteiger partial charge >= 0.3 is 5.97 Å². The van der Waals surface area contributed by atoms with Gasteiger partial charge in [-0.05, 0) is 57.8 Å². The molecule has 0 heterocycles. The standard InChI is InChI=1S/C62H117NO5/c1-3-5-7-9-11-13-15-17-19-20-21-22-23-24-25-26-27-28-29-30-34-38-42-46-50-54-60(65)59(58-64)63-61(66)55-51-47-43-39-35-32-33-37-41-45-49-53-57-68-62(67)56-52-48-44-40-36-31-18-16-14-12-10-8-6-4-2/h10,12,16,18,50,54,59-60,64-65H,3-9,11,13-15,17,19-49,51-53,55-58H2,1-2H3,(H,63,66)/b12-10-,18-16-,54-50+. The molecule has 400 valence electrons. The van der Waals surface area contributed by atoms with Crippen LogP contribution in [0.4, 0.5) is 0 Å². The number of aliphatic hydroxyl groups is 2. The van der Waals surface area contributed by atoms with E-state index in [-0.39, 0.29) is 18.5 Å². The Hall–Kier alpha value is -1.92. The molecule has 2 atom stereocenters. The number of rotatable bonds is 56. The van der Waals surface area contributed by atoms with Crippen molar-refractivity contribution >= 4 is 11.9 Å². The van der Waals surface area contributed by atoms with Gasteiger partial charge in [0, 0.05) is 12.8 Å². The summed E-state index contributed by atoms with van der Waals surface area (Å²) in [6.07, 6.45) is 71.7. The molecule has 68 heavy (non-hydrogen) atoms. The molecule has 0 spiro atoms. The maximum absolute atomic E-state index is 12.5. The first-order chi connectivity index (χ1) is 33.5. The van der Waals surface area contributed by atoms with E-state index in [0.29, 0.717) is 19.4 Å². The number of hydrogen-bond donors (Lipinski definition) is 3. The smallest absolute Gasteiger partial charge is 0.305 e. The van der Waals surface area contributed by atoms with Crippen molar-refractivity contribution in [2.24, 2.45) is 0 Å². The number of esters is 1. The molecule has 0 radical (unpaired) electrons. The highest BCUT2D eigenvalue weighted by molar-refractivity contribution is 5.76. The van der Waals surface area contributed by atoms with Gasteiger partial charge in [-0.1, -0.05) is 288 Å². The van der Waals surface area contributed by atoms with Crippen molar-refractivity contribution < 1.29 is 24.5 Å². The largest absolute Gasteiger partial charge is 0.466 e. The minimum Gasteiger partial charge on any atom is -0.466 e. The summed E-state index contributed by atoms with van der Waals surface area (Å²) in [5.74, 6) is -0.107. The van der Waals surface area contributed by atoms with Crippen molar-refractivity contribution in [3.05, 3.63) is 36.5 Å². The molecule has 1 amide bonds. The summed E-state index contributed by atoms with van der Waals surface area (Å²) in [6.45, 7) is 4.84. The van der Waals surface area contributed by atoms with Crippen LogP contribution < -0.4 is 5.32 Å². The number of nitrogens with one attached hydrogen (secondary N) is 1. The van der Waals surface area contributed by atoms with E-state index in [1.807, 2.05) is 6.08 Å². The van der Waals surface area contributed by atoms with Crippen LogP contribution in [0.3, 0.4) is 0 Å². The van der Waals surface area contributed by atoms with E-state index in [0.717, 1.165) is 70.6 Å². The maximum atomic E-state index is 12.5. The van der Waals surface area contributed by atoms with Crippen molar-refractivity contribution in [2.75, 3.05) is 13.2 Å². The first-order valence-corrected chi connectivity index (χ1v) is 30.3.